The van der Waals surface area contributed by atoms with E-state index < -0.39 is 17.8 Å². The predicted molar refractivity (Wildman–Crippen MR) is 74.5 cm³/mol. The van der Waals surface area contributed by atoms with Crippen LogP contribution in [0, 0.1) is 0 Å². The van der Waals surface area contributed by atoms with Gasteiger partial charge in [0.05, 0.1) is 11.6 Å². The molecule has 2 rings (SSSR count). The van der Waals surface area contributed by atoms with Gasteiger partial charge < -0.3 is 0 Å². The van der Waals surface area contributed by atoms with Crippen molar-refractivity contribution in [1.82, 2.24) is 10.4 Å². The fourth-order valence-electron chi connectivity index (χ4n) is 2.09. The van der Waals surface area contributed by atoms with Gasteiger partial charge in [0.1, 0.15) is 0 Å². The molecule has 0 amide bonds. The van der Waals surface area contributed by atoms with E-state index in [0.29, 0.717) is 10.6 Å². The second-order valence-corrected chi connectivity index (χ2v) is 4.88. The van der Waals surface area contributed by atoms with Gasteiger partial charge in [-0.05, 0) is 24.1 Å². The molecule has 0 aliphatic carbocycles. The first-order valence-corrected chi connectivity index (χ1v) is 6.52. The Bertz CT molecular complexity index is 616. The van der Waals surface area contributed by atoms with Gasteiger partial charge in [-0.25, -0.2) is 0 Å². The summed E-state index contributed by atoms with van der Waals surface area (Å²) in [6.07, 6.45) is -1.96. The zero-order chi connectivity index (χ0) is 15.5. The van der Waals surface area contributed by atoms with Gasteiger partial charge in [-0.1, -0.05) is 29.8 Å². The minimum absolute atomic E-state index is 0.00702. The van der Waals surface area contributed by atoms with Gasteiger partial charge in [0.15, 0.2) is 0 Å². The molecule has 1 unspecified atom stereocenters. The van der Waals surface area contributed by atoms with E-state index in [1.54, 1.807) is 24.3 Å². The number of nitrogens with two attached hydrogens (primary N) is 1. The molecule has 0 radical (unpaired) electrons. The molecule has 112 valence electrons. The molecule has 2 aromatic rings. The van der Waals surface area contributed by atoms with Crippen LogP contribution in [0.3, 0.4) is 0 Å². The van der Waals surface area contributed by atoms with Crippen LogP contribution in [0.25, 0.3) is 0 Å². The Kier molecular flexibility index (Phi) is 4.82. The van der Waals surface area contributed by atoms with E-state index in [4.69, 9.17) is 17.4 Å². The quantitative estimate of drug-likeness (QED) is 0.670. The number of halogens is 4. The zero-order valence-electron chi connectivity index (χ0n) is 10.9. The summed E-state index contributed by atoms with van der Waals surface area (Å²) in [6.45, 7) is 0. The largest absolute Gasteiger partial charge is 0.416 e. The first kappa shape index (κ1) is 15.8. The van der Waals surface area contributed by atoms with E-state index in [0.717, 1.165) is 12.3 Å². The average Bonchev–Trinajstić information content (AvgIpc) is 2.45. The van der Waals surface area contributed by atoms with Crippen molar-refractivity contribution in [2.75, 3.05) is 0 Å². The Hall–Kier alpha value is -1.63. The molecule has 0 bridgehead atoms. The van der Waals surface area contributed by atoms with Crippen LogP contribution in [-0.4, -0.2) is 4.98 Å². The predicted octanol–water partition coefficient (Wildman–Crippen LogP) is 3.50. The van der Waals surface area contributed by atoms with Crippen molar-refractivity contribution < 1.29 is 13.2 Å². The number of hydrazine groups is 1. The van der Waals surface area contributed by atoms with Crippen LogP contribution < -0.4 is 11.3 Å². The van der Waals surface area contributed by atoms with Crippen LogP contribution in [0.1, 0.15) is 22.7 Å². The maximum Gasteiger partial charge on any atom is 0.416 e. The van der Waals surface area contributed by atoms with Gasteiger partial charge in [-0.3, -0.25) is 16.3 Å². The minimum Gasteiger partial charge on any atom is -0.271 e. The number of nitrogens with one attached hydrogen (secondary N) is 1. The maximum absolute atomic E-state index is 13.0. The fraction of sp³-hybridized carbons (Fsp3) is 0.214. The fourth-order valence-corrected chi connectivity index (χ4v) is 2.30. The normalized spacial score (nSPS) is 13.2. The van der Waals surface area contributed by atoms with E-state index in [1.165, 1.54) is 6.20 Å². The number of nitrogens with zero attached hydrogens (tertiary/aromatic N) is 1. The molecular weight excluding hydrogens is 303 g/mol. The summed E-state index contributed by atoms with van der Waals surface area (Å²) >= 11 is 6.04. The lowest BCUT2D eigenvalue weighted by Gasteiger charge is -2.21. The highest BCUT2D eigenvalue weighted by atomic mass is 35.5. The van der Waals surface area contributed by atoms with E-state index in [2.05, 4.69) is 10.4 Å². The Morgan fingerprint density at radius 1 is 1.24 bits per heavy atom. The highest BCUT2D eigenvalue weighted by Gasteiger charge is 2.35. The van der Waals surface area contributed by atoms with Crippen molar-refractivity contribution >= 4 is 11.6 Å². The van der Waals surface area contributed by atoms with Gasteiger partial charge in [-0.2, -0.15) is 13.2 Å². The lowest BCUT2D eigenvalue weighted by atomic mass is 9.96. The Morgan fingerprint density at radius 3 is 2.57 bits per heavy atom. The maximum atomic E-state index is 13.0. The standard InChI is InChI=1S/C14H13ClF3N3/c15-12-4-2-1-3-9(12)7-13(21-19)10-8-20-6-5-11(10)14(16,17)18/h1-6,8,13,21H,7,19H2. The third kappa shape index (κ3) is 3.72. The van der Waals surface area contributed by atoms with Gasteiger partial charge in [0.25, 0.3) is 0 Å². The molecule has 0 saturated heterocycles. The number of benzene rings is 1. The van der Waals surface area contributed by atoms with Gasteiger partial charge >= 0.3 is 6.18 Å². The minimum atomic E-state index is -4.46. The summed E-state index contributed by atoms with van der Waals surface area (Å²) in [5.74, 6) is 5.43. The summed E-state index contributed by atoms with van der Waals surface area (Å²) in [5.41, 5.74) is 2.35. The number of alkyl halides is 3. The Labute approximate surface area is 124 Å². The van der Waals surface area contributed by atoms with Crippen LogP contribution in [0.5, 0.6) is 0 Å². The highest BCUT2D eigenvalue weighted by Crippen LogP contribution is 2.35. The molecule has 3 nitrogen and oxygen atoms in total. The molecule has 7 heteroatoms. The second-order valence-electron chi connectivity index (χ2n) is 4.48. The molecule has 0 saturated carbocycles. The number of pyridine rings is 1. The van der Waals surface area contributed by atoms with Crippen LogP contribution in [0.15, 0.2) is 42.7 Å². The summed E-state index contributed by atoms with van der Waals surface area (Å²) in [7, 11) is 0. The monoisotopic (exact) mass is 315 g/mol. The van der Waals surface area contributed by atoms with Crippen LogP contribution in [-0.2, 0) is 12.6 Å². The summed E-state index contributed by atoms with van der Waals surface area (Å²) < 4.78 is 39.1. The topological polar surface area (TPSA) is 50.9 Å². The Balaban J connectivity index is 2.37. The van der Waals surface area contributed by atoms with Crippen LogP contribution in [0.2, 0.25) is 5.02 Å². The molecular formula is C14H13ClF3N3. The zero-order valence-corrected chi connectivity index (χ0v) is 11.6. The number of hydrogen-bond donors (Lipinski definition) is 2. The van der Waals surface area contributed by atoms with Crippen molar-refractivity contribution in [3.8, 4) is 0 Å². The van der Waals surface area contributed by atoms with Crippen molar-refractivity contribution in [2.45, 2.75) is 18.6 Å². The van der Waals surface area contributed by atoms with Crippen molar-refractivity contribution in [3.05, 3.63) is 64.4 Å². The number of rotatable bonds is 4. The molecule has 0 spiro atoms. The van der Waals surface area contributed by atoms with Gasteiger partial charge in [-0.15, -0.1) is 0 Å². The van der Waals surface area contributed by atoms with E-state index in [1.807, 2.05) is 0 Å². The molecule has 0 aliphatic rings. The molecule has 1 heterocycles. The van der Waals surface area contributed by atoms with Crippen LogP contribution >= 0.6 is 11.6 Å². The molecule has 21 heavy (non-hydrogen) atoms. The third-order valence-electron chi connectivity index (χ3n) is 3.12. The molecule has 1 aromatic heterocycles. The van der Waals surface area contributed by atoms with Gasteiger partial charge in [0.2, 0.25) is 0 Å². The van der Waals surface area contributed by atoms with E-state index in [9.17, 15) is 13.2 Å². The van der Waals surface area contributed by atoms with E-state index >= 15 is 0 Å². The SMILES string of the molecule is NNC(Cc1ccccc1Cl)c1cnccc1C(F)(F)F. The second kappa shape index (κ2) is 6.43. The van der Waals surface area contributed by atoms with E-state index in [-0.39, 0.29) is 12.0 Å². The molecule has 1 aromatic carbocycles. The summed E-state index contributed by atoms with van der Waals surface area (Å²) in [4.78, 5) is 3.76. The molecule has 0 aliphatic heterocycles. The van der Waals surface area contributed by atoms with Crippen LogP contribution in [0.4, 0.5) is 13.2 Å². The summed E-state index contributed by atoms with van der Waals surface area (Å²) in [6, 6.07) is 7.14. The molecule has 0 fully saturated rings. The third-order valence-corrected chi connectivity index (χ3v) is 3.48. The van der Waals surface area contributed by atoms with Crippen molar-refractivity contribution in [3.63, 3.8) is 0 Å². The first-order valence-electron chi connectivity index (χ1n) is 6.14. The average molecular weight is 316 g/mol. The first-order chi connectivity index (χ1) is 9.93. The lowest BCUT2D eigenvalue weighted by molar-refractivity contribution is -0.138. The number of aromatic nitrogens is 1. The van der Waals surface area contributed by atoms with Gasteiger partial charge in [0, 0.05) is 23.0 Å². The smallest absolute Gasteiger partial charge is 0.271 e. The molecule has 3 N–H and O–H groups in total. The van der Waals surface area contributed by atoms with Crippen molar-refractivity contribution in [2.24, 2.45) is 5.84 Å². The summed E-state index contributed by atoms with van der Waals surface area (Å²) in [5, 5.41) is 0.482. The lowest BCUT2D eigenvalue weighted by Crippen LogP contribution is -2.31. The Morgan fingerprint density at radius 2 is 1.95 bits per heavy atom. The highest BCUT2D eigenvalue weighted by molar-refractivity contribution is 6.31. The number of hydrogen-bond acceptors (Lipinski definition) is 3. The van der Waals surface area contributed by atoms with Crippen molar-refractivity contribution in [1.29, 1.82) is 0 Å². The molecule has 1 atom stereocenters.